The summed E-state index contributed by atoms with van der Waals surface area (Å²) in [4.78, 5) is 29.3. The molecule has 0 radical (unpaired) electrons. The number of nitrogens with zero attached hydrogens (tertiary/aromatic N) is 2. The molecule has 1 fully saturated rings. The Bertz CT molecular complexity index is 1500. The predicted octanol–water partition coefficient (Wildman–Crippen LogP) is 5.99. The summed E-state index contributed by atoms with van der Waals surface area (Å²) in [5, 5.41) is 3.42. The Hall–Kier alpha value is -3.14. The molecule has 0 bridgehead atoms. The maximum atomic E-state index is 14.9. The fourth-order valence-electron chi connectivity index (χ4n) is 5.18. The first-order valence-corrected chi connectivity index (χ1v) is 16.4. The Morgan fingerprint density at radius 2 is 1.64 bits per heavy atom. The third kappa shape index (κ3) is 8.46. The smallest absolute Gasteiger partial charge is 0.244 e. The molecule has 1 aliphatic rings. The van der Waals surface area contributed by atoms with E-state index in [-0.39, 0.29) is 46.2 Å². The third-order valence-electron chi connectivity index (χ3n) is 7.38. The molecule has 3 aromatic carbocycles. The van der Waals surface area contributed by atoms with Gasteiger partial charge in [0.1, 0.15) is 18.4 Å². The second kappa shape index (κ2) is 14.4. The lowest BCUT2D eigenvalue weighted by molar-refractivity contribution is -0.140. The van der Waals surface area contributed by atoms with Crippen molar-refractivity contribution in [2.24, 2.45) is 0 Å². The number of nitrogens with one attached hydrogen (secondary N) is 1. The van der Waals surface area contributed by atoms with Gasteiger partial charge < -0.3 is 10.2 Å². The van der Waals surface area contributed by atoms with Crippen molar-refractivity contribution in [1.82, 2.24) is 10.2 Å². The number of anilines is 1. The Balaban J connectivity index is 1.75. The van der Waals surface area contributed by atoms with Gasteiger partial charge in [-0.3, -0.25) is 13.9 Å². The van der Waals surface area contributed by atoms with Crippen LogP contribution < -0.4 is 9.62 Å². The molecule has 4 rings (SSSR count). The molecule has 0 spiro atoms. The van der Waals surface area contributed by atoms with Gasteiger partial charge in [0, 0.05) is 29.6 Å². The van der Waals surface area contributed by atoms with E-state index >= 15 is 0 Å². The van der Waals surface area contributed by atoms with Crippen molar-refractivity contribution in [3.05, 3.63) is 99.8 Å². The van der Waals surface area contributed by atoms with Gasteiger partial charge in [-0.25, -0.2) is 12.8 Å². The summed E-state index contributed by atoms with van der Waals surface area (Å²) in [7, 11) is -4.03. The van der Waals surface area contributed by atoms with Crippen molar-refractivity contribution in [2.75, 3.05) is 17.1 Å². The highest BCUT2D eigenvalue weighted by Gasteiger charge is 2.35. The van der Waals surface area contributed by atoms with Gasteiger partial charge in [-0.05, 0) is 42.7 Å². The number of amides is 2. The number of carbonyl (C=O) groups is 2. The van der Waals surface area contributed by atoms with Crippen LogP contribution in [-0.4, -0.2) is 50.0 Å². The minimum atomic E-state index is -4.03. The molecular weight excluding hydrogens is 600 g/mol. The van der Waals surface area contributed by atoms with Crippen LogP contribution in [0.15, 0.2) is 72.8 Å². The van der Waals surface area contributed by atoms with Crippen LogP contribution in [0.2, 0.25) is 10.0 Å². The van der Waals surface area contributed by atoms with Crippen LogP contribution in [0.1, 0.15) is 43.2 Å². The molecule has 42 heavy (non-hydrogen) atoms. The van der Waals surface area contributed by atoms with Crippen LogP contribution in [0, 0.1) is 5.82 Å². The zero-order valence-corrected chi connectivity index (χ0v) is 25.6. The highest BCUT2D eigenvalue weighted by atomic mass is 35.5. The van der Waals surface area contributed by atoms with Gasteiger partial charge in [0.2, 0.25) is 21.8 Å². The molecule has 1 saturated carbocycles. The van der Waals surface area contributed by atoms with Crippen LogP contribution >= 0.6 is 23.2 Å². The van der Waals surface area contributed by atoms with Crippen molar-refractivity contribution >= 4 is 50.7 Å². The van der Waals surface area contributed by atoms with E-state index in [0.29, 0.717) is 0 Å². The van der Waals surface area contributed by atoms with Crippen LogP contribution in [0.25, 0.3) is 0 Å². The van der Waals surface area contributed by atoms with Crippen molar-refractivity contribution in [3.8, 4) is 0 Å². The topological polar surface area (TPSA) is 86.8 Å². The normalized spacial score (nSPS) is 14.7. The number of hydrogen-bond donors (Lipinski definition) is 1. The molecule has 0 heterocycles. The molecular formula is C31H34Cl2FN3O4S. The Labute approximate surface area is 256 Å². The van der Waals surface area contributed by atoms with Gasteiger partial charge in [-0.15, -0.1) is 0 Å². The first kappa shape index (κ1) is 31.8. The van der Waals surface area contributed by atoms with Gasteiger partial charge >= 0.3 is 0 Å². The third-order valence-corrected chi connectivity index (χ3v) is 9.06. The van der Waals surface area contributed by atoms with E-state index in [2.05, 4.69) is 5.32 Å². The first-order chi connectivity index (χ1) is 20.0. The molecule has 1 aliphatic carbocycles. The summed E-state index contributed by atoms with van der Waals surface area (Å²) in [6.07, 6.45) is 5.86. The Morgan fingerprint density at radius 1 is 0.976 bits per heavy atom. The minimum absolute atomic E-state index is 0.0251. The molecule has 0 saturated heterocycles. The number of sulfonamides is 1. The van der Waals surface area contributed by atoms with E-state index in [9.17, 15) is 22.4 Å². The summed E-state index contributed by atoms with van der Waals surface area (Å²) in [6, 6.07) is 18.4. The van der Waals surface area contributed by atoms with Gasteiger partial charge in [0.25, 0.3) is 0 Å². The molecule has 0 aliphatic heterocycles. The number of rotatable bonds is 11. The molecule has 1 atom stereocenters. The van der Waals surface area contributed by atoms with Crippen molar-refractivity contribution in [1.29, 1.82) is 0 Å². The Kier molecular flexibility index (Phi) is 10.9. The largest absolute Gasteiger partial charge is 0.352 e. The molecule has 1 N–H and O–H groups in total. The molecule has 0 aromatic heterocycles. The SMILES string of the molecule is CS(=O)(=O)N(CC(=O)N(Cc1ccccc1F)[C@H](Cc1ccccc1)C(=O)NC1CCCCC1)c1cc(Cl)ccc1Cl. The van der Waals surface area contributed by atoms with Crippen molar-refractivity contribution < 1.29 is 22.4 Å². The van der Waals surface area contributed by atoms with E-state index in [4.69, 9.17) is 23.2 Å². The lowest BCUT2D eigenvalue weighted by atomic mass is 9.94. The van der Waals surface area contributed by atoms with E-state index in [1.54, 1.807) is 6.07 Å². The monoisotopic (exact) mass is 633 g/mol. The number of halogens is 3. The summed E-state index contributed by atoms with van der Waals surface area (Å²) in [6.45, 7) is -0.919. The highest BCUT2D eigenvalue weighted by Crippen LogP contribution is 2.31. The molecule has 0 unspecified atom stereocenters. The van der Waals surface area contributed by atoms with E-state index in [1.165, 1.54) is 41.3 Å². The average Bonchev–Trinajstić information content (AvgIpc) is 2.96. The number of hydrogen-bond acceptors (Lipinski definition) is 4. The van der Waals surface area contributed by atoms with Crippen molar-refractivity contribution in [2.45, 2.75) is 57.2 Å². The van der Waals surface area contributed by atoms with Gasteiger partial charge in [0.05, 0.1) is 17.0 Å². The maximum Gasteiger partial charge on any atom is 0.244 e. The van der Waals surface area contributed by atoms with Gasteiger partial charge in [0.15, 0.2) is 0 Å². The Morgan fingerprint density at radius 3 is 2.31 bits per heavy atom. The average molecular weight is 635 g/mol. The van der Waals surface area contributed by atoms with Crippen LogP contribution in [0.5, 0.6) is 0 Å². The molecule has 224 valence electrons. The van der Waals surface area contributed by atoms with Crippen LogP contribution in [-0.2, 0) is 32.6 Å². The molecule has 11 heteroatoms. The zero-order valence-electron chi connectivity index (χ0n) is 23.3. The zero-order chi connectivity index (χ0) is 30.3. The summed E-state index contributed by atoms with van der Waals surface area (Å²) in [5.74, 6) is -1.61. The molecule has 7 nitrogen and oxygen atoms in total. The van der Waals surface area contributed by atoms with Gasteiger partial charge in [-0.2, -0.15) is 0 Å². The van der Waals surface area contributed by atoms with Crippen LogP contribution in [0.3, 0.4) is 0 Å². The van der Waals surface area contributed by atoms with E-state index in [0.717, 1.165) is 48.2 Å². The first-order valence-electron chi connectivity index (χ1n) is 13.8. The highest BCUT2D eigenvalue weighted by molar-refractivity contribution is 7.92. The molecule has 2 amide bonds. The van der Waals surface area contributed by atoms with Crippen LogP contribution in [0.4, 0.5) is 10.1 Å². The lowest BCUT2D eigenvalue weighted by Crippen LogP contribution is -2.55. The second-order valence-electron chi connectivity index (χ2n) is 10.5. The fraction of sp³-hybridized carbons (Fsp3) is 0.355. The lowest BCUT2D eigenvalue weighted by Gasteiger charge is -2.35. The van der Waals surface area contributed by atoms with Gasteiger partial charge in [-0.1, -0.05) is 91.0 Å². The maximum absolute atomic E-state index is 14.9. The summed E-state index contributed by atoms with van der Waals surface area (Å²) < 4.78 is 41.6. The van der Waals surface area contributed by atoms with E-state index in [1.807, 2.05) is 30.3 Å². The summed E-state index contributed by atoms with van der Waals surface area (Å²) in [5.41, 5.74) is 1.02. The molecule has 3 aromatic rings. The number of carbonyl (C=O) groups excluding carboxylic acids is 2. The fourth-order valence-corrected chi connectivity index (χ4v) is 6.47. The predicted molar refractivity (Wildman–Crippen MR) is 165 cm³/mol. The standard InChI is InChI=1S/C31H34Cl2FN3O4S/c1-42(40,41)37(28-19-24(32)16-17-26(28)33)21-30(38)36(20-23-12-8-9-15-27(23)34)29(18-22-10-4-2-5-11-22)31(39)35-25-13-6-3-7-14-25/h2,4-5,8-12,15-17,19,25,29H,3,6-7,13-14,18,20-21H2,1H3,(H,35,39)/t29-/m1/s1. The quantitative estimate of drug-likeness (QED) is 0.281. The summed E-state index contributed by atoms with van der Waals surface area (Å²) >= 11 is 12.5. The minimum Gasteiger partial charge on any atom is -0.352 e. The number of benzene rings is 3. The second-order valence-corrected chi connectivity index (χ2v) is 13.3. The van der Waals surface area contributed by atoms with Crippen molar-refractivity contribution in [3.63, 3.8) is 0 Å². The van der Waals surface area contributed by atoms with E-state index < -0.39 is 34.3 Å².